The van der Waals surface area contributed by atoms with Gasteiger partial charge in [-0.15, -0.1) is 0 Å². The number of rotatable bonds is 5. The van der Waals surface area contributed by atoms with Crippen molar-refractivity contribution in [2.45, 2.75) is 19.0 Å². The highest BCUT2D eigenvalue weighted by atomic mass is 16.6. The van der Waals surface area contributed by atoms with E-state index in [0.717, 1.165) is 5.56 Å². The van der Waals surface area contributed by atoms with Gasteiger partial charge in [0.2, 0.25) is 6.04 Å². The molecule has 0 spiro atoms. The lowest BCUT2D eigenvalue weighted by atomic mass is 9.98. The van der Waals surface area contributed by atoms with Crippen molar-refractivity contribution in [3.8, 4) is 0 Å². The second-order valence-electron chi connectivity index (χ2n) is 4.55. The molecular formula is C13H18N2O4. The molecule has 0 aliphatic rings. The van der Waals surface area contributed by atoms with Crippen LogP contribution in [0.4, 0.5) is 0 Å². The van der Waals surface area contributed by atoms with Crippen molar-refractivity contribution in [3.05, 3.63) is 45.5 Å². The molecule has 0 fully saturated rings. The zero-order valence-electron chi connectivity index (χ0n) is 11.5. The van der Waals surface area contributed by atoms with E-state index in [4.69, 9.17) is 0 Å². The molecular weight excluding hydrogens is 248 g/mol. The first-order chi connectivity index (χ1) is 8.88. The Hall–Kier alpha value is -1.95. The summed E-state index contributed by atoms with van der Waals surface area (Å²) in [5, 5.41) is 10.9. The number of nitrogens with zero attached hydrogens (tertiary/aromatic N) is 2. The highest BCUT2D eigenvalue weighted by Gasteiger charge is 2.30. The summed E-state index contributed by atoms with van der Waals surface area (Å²) >= 11 is 0. The molecule has 0 amide bonds. The maximum absolute atomic E-state index is 11.3. The second kappa shape index (κ2) is 6.29. The number of methoxy groups -OCH3 is 1. The summed E-state index contributed by atoms with van der Waals surface area (Å²) in [5.41, 5.74) is 1.22. The van der Waals surface area contributed by atoms with E-state index >= 15 is 0 Å². The molecule has 0 radical (unpaired) electrons. The van der Waals surface area contributed by atoms with E-state index in [2.05, 4.69) is 4.74 Å². The van der Waals surface area contributed by atoms with E-state index in [1.165, 1.54) is 7.11 Å². The Morgan fingerprint density at radius 1 is 1.32 bits per heavy atom. The zero-order valence-corrected chi connectivity index (χ0v) is 11.5. The zero-order chi connectivity index (χ0) is 14.6. The molecule has 0 aromatic heterocycles. The van der Waals surface area contributed by atoms with Crippen LogP contribution in [0.25, 0.3) is 0 Å². The quantitative estimate of drug-likeness (QED) is 0.461. The van der Waals surface area contributed by atoms with Gasteiger partial charge in [-0.1, -0.05) is 12.1 Å². The normalized spacial score (nSPS) is 13.9. The standard InChI is InChI=1S/C13H18N2O4/c1-9(15(17)18)12(14(2)3)10-5-7-11(8-6-10)13(16)19-4/h5-9,12H,1-4H3. The van der Waals surface area contributed by atoms with Crippen molar-refractivity contribution in [3.63, 3.8) is 0 Å². The van der Waals surface area contributed by atoms with Crippen molar-refractivity contribution in [1.82, 2.24) is 4.90 Å². The summed E-state index contributed by atoms with van der Waals surface area (Å²) in [6.07, 6.45) is 0. The number of hydrogen-bond donors (Lipinski definition) is 0. The van der Waals surface area contributed by atoms with Gasteiger partial charge in [-0.05, 0) is 31.8 Å². The van der Waals surface area contributed by atoms with Crippen LogP contribution in [0.2, 0.25) is 0 Å². The smallest absolute Gasteiger partial charge is 0.337 e. The molecule has 0 aliphatic carbocycles. The number of carbonyl (C=O) groups is 1. The molecule has 0 N–H and O–H groups in total. The van der Waals surface area contributed by atoms with E-state index in [9.17, 15) is 14.9 Å². The minimum Gasteiger partial charge on any atom is -0.465 e. The Bertz CT molecular complexity index is 456. The Morgan fingerprint density at radius 3 is 2.21 bits per heavy atom. The molecule has 2 atom stereocenters. The Morgan fingerprint density at radius 2 is 1.84 bits per heavy atom. The third kappa shape index (κ3) is 3.51. The van der Waals surface area contributed by atoms with Gasteiger partial charge in [0.05, 0.1) is 12.7 Å². The van der Waals surface area contributed by atoms with E-state index in [-0.39, 0.29) is 11.0 Å². The number of nitro groups is 1. The highest BCUT2D eigenvalue weighted by molar-refractivity contribution is 5.89. The molecule has 2 unspecified atom stereocenters. The summed E-state index contributed by atoms with van der Waals surface area (Å²) in [6.45, 7) is 1.57. The van der Waals surface area contributed by atoms with Gasteiger partial charge in [-0.25, -0.2) is 4.79 Å². The van der Waals surface area contributed by atoms with Crippen LogP contribution in [0.15, 0.2) is 24.3 Å². The van der Waals surface area contributed by atoms with Gasteiger partial charge in [-0.3, -0.25) is 15.0 Å². The van der Waals surface area contributed by atoms with Crippen LogP contribution in [0.3, 0.4) is 0 Å². The van der Waals surface area contributed by atoms with Crippen molar-refractivity contribution in [1.29, 1.82) is 0 Å². The van der Waals surface area contributed by atoms with Gasteiger partial charge >= 0.3 is 5.97 Å². The third-order valence-corrected chi connectivity index (χ3v) is 3.02. The lowest BCUT2D eigenvalue weighted by molar-refractivity contribution is -0.526. The minimum absolute atomic E-state index is 0.307. The van der Waals surface area contributed by atoms with Crippen molar-refractivity contribution < 1.29 is 14.5 Å². The summed E-state index contributed by atoms with van der Waals surface area (Å²) in [5.74, 6) is -0.421. The lowest BCUT2D eigenvalue weighted by Crippen LogP contribution is -2.34. The summed E-state index contributed by atoms with van der Waals surface area (Å²) in [6, 6.07) is 5.59. The first-order valence-electron chi connectivity index (χ1n) is 5.86. The number of benzene rings is 1. The molecule has 6 heteroatoms. The summed E-state index contributed by atoms with van der Waals surface area (Å²) in [7, 11) is 4.89. The van der Waals surface area contributed by atoms with E-state index in [1.807, 2.05) is 0 Å². The van der Waals surface area contributed by atoms with Gasteiger partial charge in [0.15, 0.2) is 0 Å². The molecule has 0 aliphatic heterocycles. The fourth-order valence-corrected chi connectivity index (χ4v) is 2.06. The molecule has 1 rings (SSSR count). The first-order valence-corrected chi connectivity index (χ1v) is 5.86. The van der Waals surface area contributed by atoms with Crippen LogP contribution in [-0.4, -0.2) is 43.0 Å². The van der Waals surface area contributed by atoms with Gasteiger partial charge in [0, 0.05) is 11.8 Å². The summed E-state index contributed by atoms with van der Waals surface area (Å²) < 4.78 is 4.61. The van der Waals surface area contributed by atoms with Crippen LogP contribution in [0.1, 0.15) is 28.9 Å². The number of esters is 1. The SMILES string of the molecule is COC(=O)c1ccc(C(C(C)[N+](=O)[O-])N(C)C)cc1. The van der Waals surface area contributed by atoms with E-state index < -0.39 is 12.0 Å². The molecule has 0 heterocycles. The molecule has 0 saturated carbocycles. The van der Waals surface area contributed by atoms with Gasteiger partial charge < -0.3 is 4.74 Å². The second-order valence-corrected chi connectivity index (χ2v) is 4.55. The molecule has 1 aromatic carbocycles. The van der Waals surface area contributed by atoms with Crippen molar-refractivity contribution in [2.75, 3.05) is 21.2 Å². The Kier molecular flexibility index (Phi) is 5.00. The fraction of sp³-hybridized carbons (Fsp3) is 0.462. The van der Waals surface area contributed by atoms with E-state index in [1.54, 1.807) is 50.2 Å². The van der Waals surface area contributed by atoms with E-state index in [0.29, 0.717) is 5.56 Å². The molecule has 0 bridgehead atoms. The molecule has 1 aromatic rings. The van der Waals surface area contributed by atoms with Crippen LogP contribution in [-0.2, 0) is 4.74 Å². The van der Waals surface area contributed by atoms with Crippen LogP contribution in [0, 0.1) is 10.1 Å². The molecule has 0 saturated heterocycles. The fourth-order valence-electron chi connectivity index (χ4n) is 2.06. The number of likely N-dealkylation sites (N-methyl/N-ethyl adjacent to an activating group) is 1. The van der Waals surface area contributed by atoms with Gasteiger partial charge in [0.25, 0.3) is 0 Å². The number of ether oxygens (including phenoxy) is 1. The number of carbonyl (C=O) groups excluding carboxylic acids is 1. The molecule has 6 nitrogen and oxygen atoms in total. The third-order valence-electron chi connectivity index (χ3n) is 3.02. The largest absolute Gasteiger partial charge is 0.465 e. The maximum atomic E-state index is 11.3. The predicted molar refractivity (Wildman–Crippen MR) is 70.7 cm³/mol. The van der Waals surface area contributed by atoms with Crippen LogP contribution >= 0.6 is 0 Å². The van der Waals surface area contributed by atoms with Crippen molar-refractivity contribution >= 4 is 5.97 Å². The maximum Gasteiger partial charge on any atom is 0.337 e. The molecule has 19 heavy (non-hydrogen) atoms. The van der Waals surface area contributed by atoms with Crippen molar-refractivity contribution in [2.24, 2.45) is 0 Å². The highest BCUT2D eigenvalue weighted by Crippen LogP contribution is 2.24. The summed E-state index contributed by atoms with van der Waals surface area (Å²) in [4.78, 5) is 23.8. The monoisotopic (exact) mass is 266 g/mol. The van der Waals surface area contributed by atoms with Crippen LogP contribution in [0.5, 0.6) is 0 Å². The molecule has 104 valence electrons. The van der Waals surface area contributed by atoms with Crippen LogP contribution < -0.4 is 0 Å². The topological polar surface area (TPSA) is 72.7 Å². The van der Waals surface area contributed by atoms with Gasteiger partial charge in [-0.2, -0.15) is 0 Å². The van der Waals surface area contributed by atoms with Gasteiger partial charge in [0.1, 0.15) is 6.04 Å². The Labute approximate surface area is 112 Å². The minimum atomic E-state index is -0.737. The average Bonchev–Trinajstić information content (AvgIpc) is 2.38. The Balaban J connectivity index is 3.05. The number of hydrogen-bond acceptors (Lipinski definition) is 5. The average molecular weight is 266 g/mol. The predicted octanol–water partition coefficient (Wildman–Crippen LogP) is 1.74. The first kappa shape index (κ1) is 15.1. The lowest BCUT2D eigenvalue weighted by Gasteiger charge is -2.25.